The lowest BCUT2D eigenvalue weighted by Gasteiger charge is -2.42. The van der Waals surface area contributed by atoms with Gasteiger partial charge in [-0.3, -0.25) is 0 Å². The maximum Gasteiger partial charge on any atom is 0.404 e. The third-order valence-electron chi connectivity index (χ3n) is 4.46. The molecule has 21 heavy (non-hydrogen) atoms. The standard InChI is InChI=1S/C16H22ClNO3/c1-2-16(20,11-7-3-5-9-13(11)17)12-8-4-6-10-14(12)21-15(18)19/h3,5,7,9,12,14,20H,2,4,6,8,10H2,1H3,(H2,18,19)/t12-,14?,16+/m1/s1. The van der Waals surface area contributed by atoms with Gasteiger partial charge in [0.2, 0.25) is 0 Å². The van der Waals surface area contributed by atoms with Gasteiger partial charge in [0.15, 0.2) is 0 Å². The molecule has 3 atom stereocenters. The van der Waals surface area contributed by atoms with Gasteiger partial charge in [0.1, 0.15) is 6.10 Å². The molecule has 1 aliphatic carbocycles. The van der Waals surface area contributed by atoms with E-state index >= 15 is 0 Å². The van der Waals surface area contributed by atoms with Crippen molar-refractivity contribution >= 4 is 17.7 Å². The molecule has 2 rings (SSSR count). The summed E-state index contributed by atoms with van der Waals surface area (Å²) in [5.41, 5.74) is 4.75. The highest BCUT2D eigenvalue weighted by atomic mass is 35.5. The Morgan fingerprint density at radius 2 is 2.10 bits per heavy atom. The van der Waals surface area contributed by atoms with E-state index in [1.165, 1.54) is 0 Å². The topological polar surface area (TPSA) is 72.6 Å². The molecule has 1 saturated carbocycles. The number of carbonyl (C=O) groups excluding carboxylic acids is 1. The number of ether oxygens (including phenoxy) is 1. The molecule has 0 saturated heterocycles. The Hall–Kier alpha value is -1.26. The molecule has 0 aromatic heterocycles. The van der Waals surface area contributed by atoms with E-state index in [0.717, 1.165) is 25.7 Å². The maximum atomic E-state index is 11.3. The van der Waals surface area contributed by atoms with Crippen molar-refractivity contribution in [3.63, 3.8) is 0 Å². The Morgan fingerprint density at radius 1 is 1.43 bits per heavy atom. The van der Waals surface area contributed by atoms with Crippen molar-refractivity contribution in [1.82, 2.24) is 0 Å². The van der Waals surface area contributed by atoms with E-state index in [-0.39, 0.29) is 12.0 Å². The Bertz CT molecular complexity index is 508. The first-order valence-electron chi connectivity index (χ1n) is 7.42. The van der Waals surface area contributed by atoms with Crippen molar-refractivity contribution < 1.29 is 14.6 Å². The van der Waals surface area contributed by atoms with E-state index < -0.39 is 11.7 Å². The summed E-state index contributed by atoms with van der Waals surface area (Å²) in [5.74, 6) is -0.191. The fourth-order valence-electron chi connectivity index (χ4n) is 3.40. The van der Waals surface area contributed by atoms with Crippen molar-refractivity contribution in [2.45, 2.75) is 50.7 Å². The van der Waals surface area contributed by atoms with Crippen LogP contribution in [0, 0.1) is 5.92 Å². The largest absolute Gasteiger partial charge is 0.446 e. The fraction of sp³-hybridized carbons (Fsp3) is 0.562. The first-order chi connectivity index (χ1) is 9.99. The number of amides is 1. The van der Waals surface area contributed by atoms with E-state index in [1.807, 2.05) is 25.1 Å². The molecule has 1 fully saturated rings. The second-order valence-electron chi connectivity index (χ2n) is 5.62. The Kier molecular flexibility index (Phi) is 5.12. The zero-order chi connectivity index (χ0) is 15.5. The second-order valence-corrected chi connectivity index (χ2v) is 6.03. The first-order valence-corrected chi connectivity index (χ1v) is 7.80. The molecule has 116 valence electrons. The minimum Gasteiger partial charge on any atom is -0.446 e. The predicted molar refractivity (Wildman–Crippen MR) is 82.1 cm³/mol. The first kappa shape index (κ1) is 16.1. The lowest BCUT2D eigenvalue weighted by atomic mass is 9.70. The SMILES string of the molecule is CC[C@](O)(c1ccccc1Cl)[C@@H]1CCCCC1OC(N)=O. The lowest BCUT2D eigenvalue weighted by molar-refractivity contribution is -0.0968. The van der Waals surface area contributed by atoms with E-state index in [1.54, 1.807) is 6.07 Å². The molecule has 1 amide bonds. The molecule has 1 unspecified atom stereocenters. The van der Waals surface area contributed by atoms with Gasteiger partial charge < -0.3 is 15.6 Å². The molecule has 0 radical (unpaired) electrons. The van der Waals surface area contributed by atoms with Crippen LogP contribution in [0.25, 0.3) is 0 Å². The number of carbonyl (C=O) groups is 1. The van der Waals surface area contributed by atoms with E-state index in [4.69, 9.17) is 22.1 Å². The van der Waals surface area contributed by atoms with Gasteiger partial charge in [-0.25, -0.2) is 4.79 Å². The number of hydrogen-bond donors (Lipinski definition) is 2. The minimum atomic E-state index is -1.11. The highest BCUT2D eigenvalue weighted by molar-refractivity contribution is 6.31. The molecule has 4 nitrogen and oxygen atoms in total. The number of benzene rings is 1. The van der Waals surface area contributed by atoms with Crippen LogP contribution < -0.4 is 5.73 Å². The van der Waals surface area contributed by atoms with Crippen molar-refractivity contribution in [1.29, 1.82) is 0 Å². The Morgan fingerprint density at radius 3 is 2.71 bits per heavy atom. The molecular weight excluding hydrogens is 290 g/mol. The number of halogens is 1. The van der Waals surface area contributed by atoms with Crippen molar-refractivity contribution in [2.24, 2.45) is 11.7 Å². The van der Waals surface area contributed by atoms with E-state index in [0.29, 0.717) is 17.0 Å². The quantitative estimate of drug-likeness (QED) is 0.892. The smallest absolute Gasteiger partial charge is 0.404 e. The highest BCUT2D eigenvalue weighted by Crippen LogP contribution is 2.44. The van der Waals surface area contributed by atoms with Gasteiger partial charge >= 0.3 is 6.09 Å². The van der Waals surface area contributed by atoms with Gasteiger partial charge in [0, 0.05) is 16.5 Å². The van der Waals surface area contributed by atoms with Crippen LogP contribution in [0.4, 0.5) is 4.79 Å². The summed E-state index contributed by atoms with van der Waals surface area (Å²) in [6, 6.07) is 7.29. The molecule has 0 bridgehead atoms. The molecule has 0 heterocycles. The molecule has 0 spiro atoms. The zero-order valence-corrected chi connectivity index (χ0v) is 13.0. The van der Waals surface area contributed by atoms with Gasteiger partial charge in [-0.1, -0.05) is 43.1 Å². The summed E-state index contributed by atoms with van der Waals surface area (Å²) in [6.45, 7) is 1.92. The third-order valence-corrected chi connectivity index (χ3v) is 4.79. The van der Waals surface area contributed by atoms with Crippen molar-refractivity contribution in [3.05, 3.63) is 34.9 Å². The van der Waals surface area contributed by atoms with Gasteiger partial charge in [-0.15, -0.1) is 0 Å². The van der Waals surface area contributed by atoms with Crippen LogP contribution in [0.15, 0.2) is 24.3 Å². The van der Waals surface area contributed by atoms with Crippen molar-refractivity contribution in [3.8, 4) is 0 Å². The molecule has 0 aliphatic heterocycles. The summed E-state index contributed by atoms with van der Waals surface area (Å²) in [7, 11) is 0. The van der Waals surface area contributed by atoms with Gasteiger partial charge in [0.25, 0.3) is 0 Å². The summed E-state index contributed by atoms with van der Waals surface area (Å²) >= 11 is 6.27. The summed E-state index contributed by atoms with van der Waals surface area (Å²) < 4.78 is 5.25. The van der Waals surface area contributed by atoms with Crippen molar-refractivity contribution in [2.75, 3.05) is 0 Å². The second kappa shape index (κ2) is 6.67. The normalized spacial score (nSPS) is 25.1. The van der Waals surface area contributed by atoms with Gasteiger partial charge in [-0.05, 0) is 31.7 Å². The number of primary amides is 1. The minimum absolute atomic E-state index is 0.191. The molecule has 1 aromatic carbocycles. The molecule has 1 aliphatic rings. The highest BCUT2D eigenvalue weighted by Gasteiger charge is 2.45. The van der Waals surface area contributed by atoms with Crippen LogP contribution in [0.1, 0.15) is 44.6 Å². The Labute approximate surface area is 130 Å². The van der Waals surface area contributed by atoms with E-state index in [2.05, 4.69) is 0 Å². The van der Waals surface area contributed by atoms with Crippen LogP contribution in [0.5, 0.6) is 0 Å². The van der Waals surface area contributed by atoms with Crippen LogP contribution >= 0.6 is 11.6 Å². The number of rotatable bonds is 4. The number of aliphatic hydroxyl groups is 1. The van der Waals surface area contributed by atoms with Crippen LogP contribution in [-0.2, 0) is 10.3 Å². The summed E-state index contributed by atoms with van der Waals surface area (Å²) in [4.78, 5) is 11.1. The monoisotopic (exact) mass is 311 g/mol. The van der Waals surface area contributed by atoms with Crippen LogP contribution in [0.3, 0.4) is 0 Å². The van der Waals surface area contributed by atoms with Gasteiger partial charge in [0.05, 0.1) is 5.60 Å². The molecule has 5 heteroatoms. The van der Waals surface area contributed by atoms with Crippen LogP contribution in [-0.4, -0.2) is 17.3 Å². The summed E-state index contributed by atoms with van der Waals surface area (Å²) in [5, 5.41) is 11.8. The number of nitrogens with two attached hydrogens (primary N) is 1. The molecule has 1 aromatic rings. The Balaban J connectivity index is 2.37. The summed E-state index contributed by atoms with van der Waals surface area (Å²) in [6.07, 6.45) is 2.82. The maximum absolute atomic E-state index is 11.3. The number of hydrogen-bond acceptors (Lipinski definition) is 3. The van der Waals surface area contributed by atoms with Crippen LogP contribution in [0.2, 0.25) is 5.02 Å². The average Bonchev–Trinajstić information content (AvgIpc) is 2.47. The predicted octanol–water partition coefficient (Wildman–Crippen LogP) is 3.59. The average molecular weight is 312 g/mol. The van der Waals surface area contributed by atoms with E-state index in [9.17, 15) is 9.90 Å². The lowest BCUT2D eigenvalue weighted by Crippen LogP contribution is -2.45. The third kappa shape index (κ3) is 3.33. The molecular formula is C16H22ClNO3. The fourth-order valence-corrected chi connectivity index (χ4v) is 3.70. The zero-order valence-electron chi connectivity index (χ0n) is 12.2. The van der Waals surface area contributed by atoms with Gasteiger partial charge in [-0.2, -0.15) is 0 Å². The molecule has 3 N–H and O–H groups in total.